The summed E-state index contributed by atoms with van der Waals surface area (Å²) < 4.78 is 16.8. The summed E-state index contributed by atoms with van der Waals surface area (Å²) in [6, 6.07) is 0. The van der Waals surface area contributed by atoms with Gasteiger partial charge >= 0.3 is 12.3 Å². The van der Waals surface area contributed by atoms with E-state index >= 15 is 0 Å². The van der Waals surface area contributed by atoms with Gasteiger partial charge in [0, 0.05) is 71.2 Å². The van der Waals surface area contributed by atoms with Crippen LogP contribution < -0.4 is 0 Å². The van der Waals surface area contributed by atoms with E-state index in [1.54, 1.807) is 0 Å². The van der Waals surface area contributed by atoms with Crippen molar-refractivity contribution in [2.45, 2.75) is 12.2 Å². The number of carbonyl (C=O) groups is 2. The van der Waals surface area contributed by atoms with Crippen molar-refractivity contribution in [2.24, 2.45) is 0 Å². The summed E-state index contributed by atoms with van der Waals surface area (Å²) in [5.41, 5.74) is 0. The van der Waals surface area contributed by atoms with Gasteiger partial charge < -0.3 is 49.1 Å². The third-order valence-electron chi connectivity index (χ3n) is 1.65. The average molecular weight is 639 g/mol. The second kappa shape index (κ2) is 29.9. The summed E-state index contributed by atoms with van der Waals surface area (Å²) in [4.78, 5) is 31.1. The van der Waals surface area contributed by atoms with E-state index in [-0.39, 0.29) is 97.6 Å². The van der Waals surface area contributed by atoms with Gasteiger partial charge in [-0.2, -0.15) is 0 Å². The largest absolute Gasteiger partial charge is 0.509 e. The summed E-state index contributed by atoms with van der Waals surface area (Å²) in [6.45, 7) is 0.0219. The number of cyclic esters (lactones) is 2. The minimum absolute atomic E-state index is 0. The van der Waals surface area contributed by atoms with Gasteiger partial charge in [-0.15, -0.1) is 0 Å². The molecule has 2 radical (unpaired) electrons. The molecule has 0 aromatic carbocycles. The quantitative estimate of drug-likeness (QED) is 0.0731. The fourth-order valence-corrected chi connectivity index (χ4v) is 0.596. The molecule has 0 spiro atoms. The number of methoxy groups -OCH3 is 2. The Balaban J connectivity index is -0.0000000757. The molecule has 26 heavy (non-hydrogen) atoms. The van der Waals surface area contributed by atoms with Crippen molar-refractivity contribution < 1.29 is 135 Å². The van der Waals surface area contributed by atoms with E-state index in [1.165, 1.54) is 14.2 Å². The molecule has 13 nitrogen and oxygen atoms in total. The van der Waals surface area contributed by atoms with E-state index in [9.17, 15) is 9.59 Å². The number of carbonyl (C=O) groups excluding carboxylic acids is 3. The van der Waals surface area contributed by atoms with Crippen LogP contribution in [0.25, 0.3) is 0 Å². The van der Waals surface area contributed by atoms with E-state index in [4.69, 9.17) is 30.5 Å². The summed E-state index contributed by atoms with van der Waals surface area (Å²) in [5.74, 6) is 0. The van der Waals surface area contributed by atoms with Gasteiger partial charge in [0.15, 0.2) is 6.10 Å². The first-order valence-corrected chi connectivity index (χ1v) is 6.00. The number of hydrogen-bond acceptors (Lipinski definition) is 13. The maximum absolute atomic E-state index is 10.1. The van der Waals surface area contributed by atoms with Crippen LogP contribution in [0.2, 0.25) is 0 Å². The molecule has 0 aromatic heterocycles. The molecule has 1 aliphatic heterocycles. The van der Waals surface area contributed by atoms with Gasteiger partial charge in [-0.05, 0) is 6.47 Å². The average Bonchev–Trinajstić information content (AvgIpc) is 3.06. The second-order valence-electron chi connectivity index (χ2n) is 3.34. The van der Waals surface area contributed by atoms with Crippen molar-refractivity contribution in [2.75, 3.05) is 40.6 Å². The predicted molar refractivity (Wildman–Crippen MR) is 72.3 cm³/mol. The Morgan fingerprint density at radius 3 is 1.73 bits per heavy atom. The number of aliphatic hydroxyl groups is 4. The van der Waals surface area contributed by atoms with Gasteiger partial charge in [-0.25, -0.2) is 14.8 Å². The molecule has 0 aliphatic carbocycles. The Morgan fingerprint density at radius 1 is 1.23 bits per heavy atom. The van der Waals surface area contributed by atoms with Gasteiger partial charge in [-0.3, -0.25) is 0 Å². The van der Waals surface area contributed by atoms with Gasteiger partial charge in [0.2, 0.25) is 0 Å². The molecule has 1 rings (SSSR count). The van der Waals surface area contributed by atoms with Crippen LogP contribution in [0.4, 0.5) is 9.59 Å². The summed E-state index contributed by atoms with van der Waals surface area (Å²) in [7, 11) is 2.51. The smallest absolute Gasteiger partial charge is 0.508 e. The summed E-state index contributed by atoms with van der Waals surface area (Å²) >= 11 is 0. The Labute approximate surface area is 205 Å². The van der Waals surface area contributed by atoms with Crippen LogP contribution in [0, 0.1) is 71.2 Å². The number of aliphatic hydroxyl groups excluding tert-OH is 4. The molecule has 0 bridgehead atoms. The zero-order chi connectivity index (χ0) is 19.4. The molecule has 1 unspecified atom stereocenters. The van der Waals surface area contributed by atoms with Crippen LogP contribution in [-0.4, -0.2) is 97.3 Å². The van der Waals surface area contributed by atoms with Crippen molar-refractivity contribution in [1.29, 1.82) is 0 Å². The van der Waals surface area contributed by atoms with E-state index in [0.717, 1.165) is 6.47 Å². The molecule has 1 heterocycles. The van der Waals surface area contributed by atoms with Crippen LogP contribution in [0.3, 0.4) is 0 Å². The van der Waals surface area contributed by atoms with E-state index in [2.05, 4.69) is 23.8 Å². The van der Waals surface area contributed by atoms with Crippen LogP contribution >= 0.6 is 0 Å². The normalized spacial score (nSPS) is 13.1. The molecule has 150 valence electrons. The Hall–Kier alpha value is 0.200. The third kappa shape index (κ3) is 31.9. The van der Waals surface area contributed by atoms with Gasteiger partial charge in [0.1, 0.15) is 12.7 Å². The SMILES string of the molecule is COC(=O)OC.O=C1OCC(CO)O1.O=[C-]OO.OCC(O)CO.[La].[La]. The summed E-state index contributed by atoms with van der Waals surface area (Å²) in [5, 5.41) is 39.3. The molecular formula is C11H21La2O13-. The fourth-order valence-electron chi connectivity index (χ4n) is 0.596. The van der Waals surface area contributed by atoms with E-state index < -0.39 is 24.5 Å². The molecule has 0 aromatic rings. The molecule has 15 heteroatoms. The zero-order valence-corrected chi connectivity index (χ0v) is 21.4. The van der Waals surface area contributed by atoms with Crippen molar-refractivity contribution in [1.82, 2.24) is 0 Å². The van der Waals surface area contributed by atoms with Crippen molar-refractivity contribution in [3.63, 3.8) is 0 Å². The van der Waals surface area contributed by atoms with Crippen molar-refractivity contribution >= 4 is 18.8 Å². The molecule has 0 saturated carbocycles. The number of ether oxygens (including phenoxy) is 4. The molecule has 1 fully saturated rings. The number of rotatable bonds is 4. The molecule has 1 atom stereocenters. The maximum Gasteiger partial charge on any atom is 0.508 e. The first-order chi connectivity index (χ1) is 11.4. The first kappa shape index (κ1) is 37.0. The monoisotopic (exact) mass is 639 g/mol. The zero-order valence-electron chi connectivity index (χ0n) is 14.1. The van der Waals surface area contributed by atoms with E-state index in [0.29, 0.717) is 0 Å². The number of hydrogen-bond donors (Lipinski definition) is 5. The Kier molecular flexibility index (Phi) is 42.6. The van der Waals surface area contributed by atoms with E-state index in [1.807, 2.05) is 0 Å². The van der Waals surface area contributed by atoms with Crippen LogP contribution in [0.15, 0.2) is 0 Å². The van der Waals surface area contributed by atoms with Crippen molar-refractivity contribution in [3.8, 4) is 0 Å². The third-order valence-corrected chi connectivity index (χ3v) is 1.65. The van der Waals surface area contributed by atoms with Gasteiger partial charge in [-0.1, -0.05) is 0 Å². The second-order valence-corrected chi connectivity index (χ2v) is 3.34. The van der Waals surface area contributed by atoms with Crippen LogP contribution in [0.1, 0.15) is 0 Å². The Bertz CT molecular complexity index is 308. The van der Waals surface area contributed by atoms with Gasteiger partial charge in [0.05, 0.1) is 34.0 Å². The molecular weight excluding hydrogens is 618 g/mol. The maximum atomic E-state index is 10.1. The first-order valence-electron chi connectivity index (χ1n) is 6.00. The standard InChI is InChI=1S/C4H6O4.C3H6O3.C3H8O3.CHO3.2La/c5-1-3-2-7-4(6)8-3;1-5-3(4)6-2;4-1-3(6)2-5;2-1-4-3;;/h3,5H,1-2H2;1-2H3;3-6H,1-2H2;3H;;/q;;;-1;;. The molecule has 1 aliphatic rings. The molecule has 5 N–H and O–H groups in total. The van der Waals surface area contributed by atoms with Gasteiger partial charge in [0.25, 0.3) is 0 Å². The fraction of sp³-hybridized carbons (Fsp3) is 0.727. The predicted octanol–water partition coefficient (Wildman–Crippen LogP) is -2.21. The molecule has 1 saturated heterocycles. The van der Waals surface area contributed by atoms with Crippen LogP contribution in [-0.2, 0) is 28.6 Å². The van der Waals surface area contributed by atoms with Crippen LogP contribution in [0.5, 0.6) is 0 Å². The topological polar surface area (TPSA) is 199 Å². The summed E-state index contributed by atoms with van der Waals surface area (Å²) in [6.07, 6.45) is -2.74. The Morgan fingerprint density at radius 2 is 1.65 bits per heavy atom. The van der Waals surface area contributed by atoms with Crippen molar-refractivity contribution in [3.05, 3.63) is 0 Å². The molecule has 0 amide bonds. The minimum Gasteiger partial charge on any atom is -0.509 e. The minimum atomic E-state index is -0.954.